The van der Waals surface area contributed by atoms with E-state index in [1.165, 1.54) is 0 Å². The van der Waals surface area contributed by atoms with Gasteiger partial charge in [-0.05, 0) is 47.7 Å². The first kappa shape index (κ1) is 20.5. The average Bonchev–Trinajstić information content (AvgIpc) is 2.76. The Balaban J connectivity index is 1.49. The van der Waals surface area contributed by atoms with Crippen LogP contribution < -0.4 is 10.2 Å². The molecule has 6 heteroatoms. The highest BCUT2D eigenvalue weighted by atomic mass is 16.6. The highest BCUT2D eigenvalue weighted by Gasteiger charge is 2.13. The highest BCUT2D eigenvalue weighted by Crippen LogP contribution is 2.21. The van der Waals surface area contributed by atoms with Gasteiger partial charge in [-0.2, -0.15) is 5.48 Å². The summed E-state index contributed by atoms with van der Waals surface area (Å²) in [6, 6.07) is 21.4. The molecule has 1 aromatic heterocycles. The summed E-state index contributed by atoms with van der Waals surface area (Å²) in [7, 11) is 0. The topological polar surface area (TPSA) is 80.7 Å². The maximum atomic E-state index is 10.6. The molecule has 2 N–H and O–H groups in total. The van der Waals surface area contributed by atoms with Gasteiger partial charge in [0.05, 0.1) is 12.6 Å². The van der Waals surface area contributed by atoms with Crippen molar-refractivity contribution in [2.45, 2.75) is 18.9 Å². The molecule has 1 atom stereocenters. The third kappa shape index (κ3) is 6.71. The minimum atomic E-state index is -0.989. The van der Waals surface area contributed by atoms with E-state index in [2.05, 4.69) is 22.6 Å². The van der Waals surface area contributed by atoms with Crippen LogP contribution in [0.4, 0.5) is 0 Å². The standard InChI is InChI=1S/C23H24N2O4/c26-22(27)17-28-21-12-4-7-18(15-21)8-6-14-29-25-23(19-9-2-1-3-10-19)20-11-5-13-24-16-20/h1-5,7,9-13,15-16,23,25H,6,8,14,17H2,(H,26,27). The van der Waals surface area contributed by atoms with E-state index in [-0.39, 0.29) is 12.6 Å². The lowest BCUT2D eigenvalue weighted by atomic mass is 10.0. The molecule has 2 aromatic carbocycles. The molecule has 6 nitrogen and oxygen atoms in total. The quantitative estimate of drug-likeness (QED) is 0.382. The van der Waals surface area contributed by atoms with Gasteiger partial charge in [0.1, 0.15) is 5.75 Å². The molecule has 3 aromatic rings. The van der Waals surface area contributed by atoms with Crippen LogP contribution in [0.5, 0.6) is 5.75 Å². The normalized spacial score (nSPS) is 11.7. The van der Waals surface area contributed by atoms with Crippen molar-refractivity contribution in [3.63, 3.8) is 0 Å². The van der Waals surface area contributed by atoms with E-state index in [0.717, 1.165) is 29.5 Å². The maximum Gasteiger partial charge on any atom is 0.341 e. The number of rotatable bonds is 11. The van der Waals surface area contributed by atoms with Crippen LogP contribution in [0, 0.1) is 0 Å². The SMILES string of the molecule is O=C(O)COc1cccc(CCCONC(c2ccccc2)c2cccnc2)c1. The van der Waals surface area contributed by atoms with E-state index in [4.69, 9.17) is 14.7 Å². The molecule has 0 saturated heterocycles. The lowest BCUT2D eigenvalue weighted by Gasteiger charge is -2.19. The van der Waals surface area contributed by atoms with Gasteiger partial charge >= 0.3 is 5.97 Å². The Bertz CT molecular complexity index is 848. The molecule has 0 spiro atoms. The molecule has 0 amide bonds. The van der Waals surface area contributed by atoms with E-state index in [9.17, 15) is 4.79 Å². The van der Waals surface area contributed by atoms with Crippen molar-refractivity contribution in [2.75, 3.05) is 13.2 Å². The van der Waals surface area contributed by atoms with E-state index >= 15 is 0 Å². The lowest BCUT2D eigenvalue weighted by molar-refractivity contribution is -0.139. The Morgan fingerprint density at radius 1 is 1.03 bits per heavy atom. The van der Waals surface area contributed by atoms with Gasteiger partial charge in [0.15, 0.2) is 6.61 Å². The molecule has 1 unspecified atom stereocenters. The van der Waals surface area contributed by atoms with Gasteiger partial charge in [0.2, 0.25) is 0 Å². The number of carbonyl (C=O) groups is 1. The molecule has 0 bridgehead atoms. The van der Waals surface area contributed by atoms with Gasteiger partial charge in [0.25, 0.3) is 0 Å². The van der Waals surface area contributed by atoms with Crippen molar-refractivity contribution in [1.29, 1.82) is 0 Å². The Labute approximate surface area is 170 Å². The maximum absolute atomic E-state index is 10.6. The molecular formula is C23H24N2O4. The molecule has 1 heterocycles. The summed E-state index contributed by atoms with van der Waals surface area (Å²) in [6.45, 7) is 0.190. The summed E-state index contributed by atoms with van der Waals surface area (Å²) in [4.78, 5) is 20.6. The Hall–Kier alpha value is -3.22. The monoisotopic (exact) mass is 392 g/mol. The number of aryl methyl sites for hydroxylation is 1. The number of aromatic nitrogens is 1. The van der Waals surface area contributed by atoms with E-state index in [1.807, 2.05) is 54.7 Å². The van der Waals surface area contributed by atoms with Gasteiger partial charge < -0.3 is 14.7 Å². The summed E-state index contributed by atoms with van der Waals surface area (Å²) >= 11 is 0. The zero-order chi connectivity index (χ0) is 20.3. The zero-order valence-corrected chi connectivity index (χ0v) is 16.0. The summed E-state index contributed by atoms with van der Waals surface area (Å²) in [5.74, 6) is -0.430. The van der Waals surface area contributed by atoms with Crippen molar-refractivity contribution in [3.8, 4) is 5.75 Å². The molecule has 150 valence electrons. The van der Waals surface area contributed by atoms with Crippen LogP contribution in [0.2, 0.25) is 0 Å². The highest BCUT2D eigenvalue weighted by molar-refractivity contribution is 5.68. The number of hydrogen-bond acceptors (Lipinski definition) is 5. The van der Waals surface area contributed by atoms with Crippen LogP contribution in [-0.2, 0) is 16.1 Å². The Morgan fingerprint density at radius 2 is 1.86 bits per heavy atom. The van der Waals surface area contributed by atoms with Gasteiger partial charge in [-0.15, -0.1) is 0 Å². The van der Waals surface area contributed by atoms with E-state index < -0.39 is 5.97 Å². The number of nitrogens with one attached hydrogen (secondary N) is 1. The molecule has 0 aliphatic heterocycles. The largest absolute Gasteiger partial charge is 0.482 e. The molecule has 0 radical (unpaired) electrons. The second-order valence-electron chi connectivity index (χ2n) is 6.53. The summed E-state index contributed by atoms with van der Waals surface area (Å²) in [5.41, 5.74) is 6.36. The fourth-order valence-electron chi connectivity index (χ4n) is 2.95. The minimum absolute atomic E-state index is 0.0994. The number of benzene rings is 2. The van der Waals surface area contributed by atoms with Gasteiger partial charge in [-0.1, -0.05) is 48.5 Å². The second-order valence-corrected chi connectivity index (χ2v) is 6.53. The molecule has 0 fully saturated rings. The third-order valence-corrected chi connectivity index (χ3v) is 4.32. The smallest absolute Gasteiger partial charge is 0.341 e. The average molecular weight is 392 g/mol. The lowest BCUT2D eigenvalue weighted by Crippen LogP contribution is -2.23. The van der Waals surface area contributed by atoms with Crippen molar-refractivity contribution >= 4 is 5.97 Å². The molecule has 0 saturated carbocycles. The summed E-state index contributed by atoms with van der Waals surface area (Å²) in [5, 5.41) is 8.70. The second kappa shape index (κ2) is 10.9. The number of carboxylic acids is 1. The number of carboxylic acid groups (broad SMARTS) is 1. The number of aliphatic carboxylic acids is 1. The number of hydrogen-bond donors (Lipinski definition) is 2. The predicted octanol–water partition coefficient (Wildman–Crippen LogP) is 3.79. The Kier molecular flexibility index (Phi) is 7.74. The third-order valence-electron chi connectivity index (χ3n) is 4.32. The predicted molar refractivity (Wildman–Crippen MR) is 110 cm³/mol. The fourth-order valence-corrected chi connectivity index (χ4v) is 2.95. The first-order valence-corrected chi connectivity index (χ1v) is 9.48. The van der Waals surface area contributed by atoms with Crippen LogP contribution in [0.3, 0.4) is 0 Å². The molecule has 29 heavy (non-hydrogen) atoms. The van der Waals surface area contributed by atoms with E-state index in [0.29, 0.717) is 12.4 Å². The van der Waals surface area contributed by atoms with Crippen molar-refractivity contribution in [3.05, 3.63) is 95.8 Å². The van der Waals surface area contributed by atoms with Crippen LogP contribution >= 0.6 is 0 Å². The van der Waals surface area contributed by atoms with Crippen LogP contribution in [-0.4, -0.2) is 29.3 Å². The summed E-state index contributed by atoms with van der Waals surface area (Å²) in [6.07, 6.45) is 5.19. The number of nitrogens with zero attached hydrogens (tertiary/aromatic N) is 1. The zero-order valence-electron chi connectivity index (χ0n) is 16.0. The van der Waals surface area contributed by atoms with Crippen LogP contribution in [0.1, 0.15) is 29.2 Å². The van der Waals surface area contributed by atoms with Gasteiger partial charge in [-0.3, -0.25) is 4.98 Å². The molecule has 0 aliphatic carbocycles. The summed E-state index contributed by atoms with van der Waals surface area (Å²) < 4.78 is 5.22. The van der Waals surface area contributed by atoms with Gasteiger partial charge in [-0.25, -0.2) is 4.79 Å². The number of pyridine rings is 1. The van der Waals surface area contributed by atoms with Crippen molar-refractivity contribution in [2.24, 2.45) is 0 Å². The Morgan fingerprint density at radius 3 is 2.62 bits per heavy atom. The fraction of sp³-hybridized carbons (Fsp3) is 0.217. The van der Waals surface area contributed by atoms with Crippen LogP contribution in [0.15, 0.2) is 79.1 Å². The first-order chi connectivity index (χ1) is 14.2. The van der Waals surface area contributed by atoms with Crippen LogP contribution in [0.25, 0.3) is 0 Å². The van der Waals surface area contributed by atoms with Crippen molar-refractivity contribution in [1.82, 2.24) is 10.5 Å². The minimum Gasteiger partial charge on any atom is -0.482 e. The number of hydroxylamine groups is 1. The molecular weight excluding hydrogens is 368 g/mol. The number of ether oxygens (including phenoxy) is 1. The van der Waals surface area contributed by atoms with Crippen molar-refractivity contribution < 1.29 is 19.5 Å². The first-order valence-electron chi connectivity index (χ1n) is 9.48. The molecule has 0 aliphatic rings. The van der Waals surface area contributed by atoms with Gasteiger partial charge in [0, 0.05) is 12.4 Å². The molecule has 3 rings (SSSR count). The van der Waals surface area contributed by atoms with E-state index in [1.54, 1.807) is 12.3 Å².